The summed E-state index contributed by atoms with van der Waals surface area (Å²) in [6, 6.07) is 0. The average molecular weight is 265 g/mol. The van der Waals surface area contributed by atoms with Gasteiger partial charge in [0, 0.05) is 10.8 Å². The van der Waals surface area contributed by atoms with Gasteiger partial charge in [-0.15, -0.1) is 11.3 Å². The van der Waals surface area contributed by atoms with Gasteiger partial charge in [-0.3, -0.25) is 4.79 Å². The highest BCUT2D eigenvalue weighted by Gasteiger charge is 2.25. The summed E-state index contributed by atoms with van der Waals surface area (Å²) in [6.07, 6.45) is 6.50. The highest BCUT2D eigenvalue weighted by molar-refractivity contribution is 7.11. The molecule has 0 N–H and O–H groups in total. The second-order valence-corrected chi connectivity index (χ2v) is 6.81. The van der Waals surface area contributed by atoms with E-state index in [4.69, 9.17) is 0 Å². The Balaban J connectivity index is 1.89. The minimum Gasteiger partial charge on any atom is -0.299 e. The van der Waals surface area contributed by atoms with Crippen LogP contribution >= 0.6 is 11.3 Å². The van der Waals surface area contributed by atoms with Gasteiger partial charge in [0.1, 0.15) is 10.8 Å². The number of ketones is 1. The van der Waals surface area contributed by atoms with Crippen LogP contribution in [0, 0.1) is 25.7 Å². The molecule has 1 aliphatic rings. The lowest BCUT2D eigenvalue weighted by atomic mass is 9.78. The highest BCUT2D eigenvalue weighted by atomic mass is 32.1. The van der Waals surface area contributed by atoms with E-state index >= 15 is 0 Å². The van der Waals surface area contributed by atoms with Gasteiger partial charge >= 0.3 is 0 Å². The molecule has 100 valence electrons. The molecule has 1 fully saturated rings. The predicted molar refractivity (Wildman–Crippen MR) is 76.0 cm³/mol. The fourth-order valence-electron chi connectivity index (χ4n) is 2.80. The lowest BCUT2D eigenvalue weighted by molar-refractivity contribution is -0.123. The number of thiazole rings is 1. The third-order valence-electron chi connectivity index (χ3n) is 4.28. The maximum atomic E-state index is 12.2. The number of aryl methyl sites for hydroxylation is 2. The molecule has 3 heteroatoms. The zero-order valence-corrected chi connectivity index (χ0v) is 12.5. The lowest BCUT2D eigenvalue weighted by Gasteiger charge is -2.26. The molecule has 0 saturated heterocycles. The largest absolute Gasteiger partial charge is 0.299 e. The number of nitrogens with zero attached hydrogens (tertiary/aromatic N) is 1. The van der Waals surface area contributed by atoms with E-state index in [0.717, 1.165) is 29.5 Å². The zero-order valence-electron chi connectivity index (χ0n) is 11.7. The second-order valence-electron chi connectivity index (χ2n) is 5.52. The monoisotopic (exact) mass is 265 g/mol. The molecule has 2 rings (SSSR count). The zero-order chi connectivity index (χ0) is 13.1. The van der Waals surface area contributed by atoms with E-state index in [9.17, 15) is 4.79 Å². The Morgan fingerprint density at radius 1 is 1.28 bits per heavy atom. The summed E-state index contributed by atoms with van der Waals surface area (Å²) in [5, 5.41) is 1.01. The number of aromatic nitrogens is 1. The molecule has 0 spiro atoms. The molecule has 1 aliphatic carbocycles. The van der Waals surface area contributed by atoms with E-state index in [2.05, 4.69) is 18.8 Å². The van der Waals surface area contributed by atoms with Crippen molar-refractivity contribution in [1.29, 1.82) is 0 Å². The summed E-state index contributed by atoms with van der Waals surface area (Å²) in [4.78, 5) is 18.0. The van der Waals surface area contributed by atoms with Crippen molar-refractivity contribution in [2.45, 2.75) is 59.3 Å². The third-order valence-corrected chi connectivity index (χ3v) is 5.35. The molecule has 0 amide bonds. The Kier molecular flexibility index (Phi) is 4.55. The molecular formula is C15H23NOS. The van der Waals surface area contributed by atoms with Crippen LogP contribution in [0.1, 0.15) is 54.6 Å². The van der Waals surface area contributed by atoms with Crippen LogP contribution in [0.2, 0.25) is 0 Å². The highest BCUT2D eigenvalue weighted by Crippen LogP contribution is 2.32. The van der Waals surface area contributed by atoms with Gasteiger partial charge in [0.2, 0.25) is 0 Å². The first kappa shape index (κ1) is 13.7. The van der Waals surface area contributed by atoms with Gasteiger partial charge in [-0.1, -0.05) is 13.3 Å². The summed E-state index contributed by atoms with van der Waals surface area (Å²) in [5.74, 6) is 1.58. The maximum absolute atomic E-state index is 12.2. The van der Waals surface area contributed by atoms with Crippen molar-refractivity contribution in [3.63, 3.8) is 0 Å². The topological polar surface area (TPSA) is 30.0 Å². The minimum atomic E-state index is 0.303. The lowest BCUT2D eigenvalue weighted by Crippen LogP contribution is -2.23. The SMILES string of the molecule is CCC1CCC(C(=O)Cc2nc(C)c(C)s2)CC1. The Morgan fingerprint density at radius 3 is 2.44 bits per heavy atom. The number of Topliss-reactive ketones (excluding diaryl/α,β-unsaturated/α-hetero) is 1. The Labute approximate surface area is 114 Å². The van der Waals surface area contributed by atoms with Crippen molar-refractivity contribution in [1.82, 2.24) is 4.98 Å². The molecule has 2 nitrogen and oxygen atoms in total. The van der Waals surface area contributed by atoms with Crippen LogP contribution in [0.4, 0.5) is 0 Å². The van der Waals surface area contributed by atoms with Crippen molar-refractivity contribution in [2.24, 2.45) is 11.8 Å². The third kappa shape index (κ3) is 3.19. The van der Waals surface area contributed by atoms with Crippen LogP contribution in [0.3, 0.4) is 0 Å². The first-order chi connectivity index (χ1) is 8.60. The maximum Gasteiger partial charge on any atom is 0.142 e. The van der Waals surface area contributed by atoms with Gasteiger partial charge in [-0.25, -0.2) is 4.98 Å². The van der Waals surface area contributed by atoms with Crippen LogP contribution < -0.4 is 0 Å². The minimum absolute atomic E-state index is 0.303. The fourth-order valence-corrected chi connectivity index (χ4v) is 3.74. The van der Waals surface area contributed by atoms with Crippen LogP contribution in [-0.2, 0) is 11.2 Å². The summed E-state index contributed by atoms with van der Waals surface area (Å²) in [7, 11) is 0. The quantitative estimate of drug-likeness (QED) is 0.820. The van der Waals surface area contributed by atoms with Gasteiger partial charge in [0.15, 0.2) is 0 Å². The van der Waals surface area contributed by atoms with E-state index in [1.54, 1.807) is 11.3 Å². The first-order valence-electron chi connectivity index (χ1n) is 7.05. The molecular weight excluding hydrogens is 242 g/mol. The van der Waals surface area contributed by atoms with Crippen LogP contribution in [-0.4, -0.2) is 10.8 Å². The van der Waals surface area contributed by atoms with Crippen LogP contribution in [0.15, 0.2) is 0 Å². The number of hydrogen-bond acceptors (Lipinski definition) is 3. The molecule has 1 aromatic rings. The second kappa shape index (κ2) is 5.96. The predicted octanol–water partition coefficient (Wildman–Crippen LogP) is 4.09. The average Bonchev–Trinajstić information content (AvgIpc) is 2.68. The van der Waals surface area contributed by atoms with Crippen molar-refractivity contribution < 1.29 is 4.79 Å². The Bertz CT molecular complexity index is 397. The number of hydrogen-bond donors (Lipinski definition) is 0. The van der Waals surface area contributed by atoms with Gasteiger partial charge in [-0.2, -0.15) is 0 Å². The molecule has 0 atom stereocenters. The molecule has 0 radical (unpaired) electrons. The van der Waals surface area contributed by atoms with E-state index in [0.29, 0.717) is 18.1 Å². The summed E-state index contributed by atoms with van der Waals surface area (Å²) < 4.78 is 0. The number of carbonyl (C=O) groups excluding carboxylic acids is 1. The molecule has 0 aromatic carbocycles. The molecule has 0 aliphatic heterocycles. The van der Waals surface area contributed by atoms with E-state index < -0.39 is 0 Å². The van der Waals surface area contributed by atoms with Crippen molar-refractivity contribution >= 4 is 17.1 Å². The number of carbonyl (C=O) groups is 1. The van der Waals surface area contributed by atoms with Crippen molar-refractivity contribution in [3.8, 4) is 0 Å². The summed E-state index contributed by atoms with van der Waals surface area (Å²) in [5.41, 5.74) is 1.08. The molecule has 0 unspecified atom stereocenters. The van der Waals surface area contributed by atoms with Gasteiger partial charge in [0.25, 0.3) is 0 Å². The van der Waals surface area contributed by atoms with Gasteiger partial charge in [0.05, 0.1) is 12.1 Å². The van der Waals surface area contributed by atoms with Crippen LogP contribution in [0.5, 0.6) is 0 Å². The molecule has 1 aromatic heterocycles. The van der Waals surface area contributed by atoms with Gasteiger partial charge in [-0.05, 0) is 45.4 Å². The summed E-state index contributed by atoms with van der Waals surface area (Å²) in [6.45, 7) is 6.35. The van der Waals surface area contributed by atoms with E-state index in [-0.39, 0.29) is 0 Å². The molecule has 0 bridgehead atoms. The Hall–Kier alpha value is -0.700. The normalized spacial score (nSPS) is 24.2. The molecule has 1 saturated carbocycles. The summed E-state index contributed by atoms with van der Waals surface area (Å²) >= 11 is 1.68. The molecule has 1 heterocycles. The smallest absolute Gasteiger partial charge is 0.142 e. The van der Waals surface area contributed by atoms with Crippen molar-refractivity contribution in [3.05, 3.63) is 15.6 Å². The fraction of sp³-hybridized carbons (Fsp3) is 0.733. The van der Waals surface area contributed by atoms with Crippen molar-refractivity contribution in [2.75, 3.05) is 0 Å². The molecule has 18 heavy (non-hydrogen) atoms. The van der Waals surface area contributed by atoms with Gasteiger partial charge < -0.3 is 0 Å². The number of rotatable bonds is 4. The standard InChI is InChI=1S/C15H23NOS/c1-4-12-5-7-13(8-6-12)14(17)9-15-16-10(2)11(3)18-15/h12-13H,4-9H2,1-3H3. The van der Waals surface area contributed by atoms with Crippen LogP contribution in [0.25, 0.3) is 0 Å². The van der Waals surface area contributed by atoms with E-state index in [1.807, 2.05) is 6.92 Å². The Morgan fingerprint density at radius 2 is 1.94 bits per heavy atom. The van der Waals surface area contributed by atoms with E-state index in [1.165, 1.54) is 24.1 Å². The first-order valence-corrected chi connectivity index (χ1v) is 7.87.